The number of hydrogen-bond acceptors (Lipinski definition) is 3. The lowest BCUT2D eigenvalue weighted by atomic mass is 10.0. The minimum atomic E-state index is -4.32. The monoisotopic (exact) mass is 305 g/mol. The third-order valence-electron chi connectivity index (χ3n) is 3.03. The fraction of sp³-hybridized carbons (Fsp3) is 0.600. The second kappa shape index (κ2) is 8.24. The number of methoxy groups -OCH3 is 1. The summed E-state index contributed by atoms with van der Waals surface area (Å²) in [5, 5.41) is 3.33. The molecule has 0 aliphatic heterocycles. The average molecular weight is 305 g/mol. The van der Waals surface area contributed by atoms with Crippen molar-refractivity contribution in [1.82, 2.24) is 5.32 Å². The summed E-state index contributed by atoms with van der Waals surface area (Å²) < 4.78 is 46.2. The molecule has 0 saturated carbocycles. The third-order valence-corrected chi connectivity index (χ3v) is 3.03. The second-order valence-electron chi connectivity index (χ2n) is 4.86. The van der Waals surface area contributed by atoms with Gasteiger partial charge < -0.3 is 14.8 Å². The first-order valence-electron chi connectivity index (χ1n) is 6.92. The predicted octanol–water partition coefficient (Wildman–Crippen LogP) is 3.83. The largest absolute Gasteiger partial charge is 0.496 e. The van der Waals surface area contributed by atoms with Crippen molar-refractivity contribution in [2.45, 2.75) is 39.1 Å². The van der Waals surface area contributed by atoms with Crippen LogP contribution in [-0.2, 0) is 11.3 Å². The molecule has 0 bridgehead atoms. The molecule has 21 heavy (non-hydrogen) atoms. The predicted molar refractivity (Wildman–Crippen MR) is 75.4 cm³/mol. The Hall–Kier alpha value is -1.27. The van der Waals surface area contributed by atoms with Gasteiger partial charge in [-0.2, -0.15) is 13.2 Å². The second-order valence-corrected chi connectivity index (χ2v) is 4.86. The number of benzene rings is 1. The van der Waals surface area contributed by atoms with Crippen molar-refractivity contribution in [2.75, 3.05) is 20.3 Å². The highest BCUT2D eigenvalue weighted by atomic mass is 19.4. The fourth-order valence-corrected chi connectivity index (χ4v) is 1.94. The summed E-state index contributed by atoms with van der Waals surface area (Å²) in [7, 11) is 1.49. The Morgan fingerprint density at radius 1 is 1.29 bits per heavy atom. The first-order valence-corrected chi connectivity index (χ1v) is 6.92. The minimum Gasteiger partial charge on any atom is -0.496 e. The molecule has 0 amide bonds. The van der Waals surface area contributed by atoms with Crippen LogP contribution in [0.4, 0.5) is 13.2 Å². The molecule has 3 nitrogen and oxygen atoms in total. The van der Waals surface area contributed by atoms with Crippen LogP contribution in [0.2, 0.25) is 0 Å². The standard InChI is InChI=1S/C15H22F3NO2/c1-4-7-19-11(2)12-5-6-14(20-3)13(8-12)9-21-10-15(16,17)18/h5-6,8,11,19H,4,7,9-10H2,1-3H3. The van der Waals surface area contributed by atoms with E-state index in [2.05, 4.69) is 12.2 Å². The zero-order valence-corrected chi connectivity index (χ0v) is 12.6. The van der Waals surface area contributed by atoms with Crippen LogP contribution in [0.15, 0.2) is 18.2 Å². The molecule has 6 heteroatoms. The first kappa shape index (κ1) is 17.8. The Morgan fingerprint density at radius 2 is 2.00 bits per heavy atom. The number of hydrogen-bond donors (Lipinski definition) is 1. The van der Waals surface area contributed by atoms with E-state index in [1.807, 2.05) is 19.1 Å². The third kappa shape index (κ3) is 6.35. The van der Waals surface area contributed by atoms with Crippen molar-refractivity contribution in [2.24, 2.45) is 0 Å². The van der Waals surface area contributed by atoms with E-state index in [-0.39, 0.29) is 12.6 Å². The molecule has 0 aromatic heterocycles. The summed E-state index contributed by atoms with van der Waals surface area (Å²) >= 11 is 0. The molecule has 1 aromatic rings. The van der Waals surface area contributed by atoms with Gasteiger partial charge in [-0.25, -0.2) is 0 Å². The van der Waals surface area contributed by atoms with Crippen LogP contribution in [0.25, 0.3) is 0 Å². The van der Waals surface area contributed by atoms with Gasteiger partial charge in [0.05, 0.1) is 13.7 Å². The van der Waals surface area contributed by atoms with Gasteiger partial charge in [-0.3, -0.25) is 0 Å². The van der Waals surface area contributed by atoms with Gasteiger partial charge in [0.15, 0.2) is 0 Å². The quantitative estimate of drug-likeness (QED) is 0.791. The Morgan fingerprint density at radius 3 is 2.57 bits per heavy atom. The Bertz CT molecular complexity index is 435. The van der Waals surface area contributed by atoms with Crippen LogP contribution in [0, 0.1) is 0 Å². The highest BCUT2D eigenvalue weighted by molar-refractivity contribution is 5.38. The van der Waals surface area contributed by atoms with Gasteiger partial charge in [0.1, 0.15) is 12.4 Å². The average Bonchev–Trinajstić information content (AvgIpc) is 2.43. The van der Waals surface area contributed by atoms with Gasteiger partial charge in [0.2, 0.25) is 0 Å². The molecule has 0 aliphatic rings. The van der Waals surface area contributed by atoms with E-state index in [1.165, 1.54) is 7.11 Å². The van der Waals surface area contributed by atoms with Crippen molar-refractivity contribution in [3.8, 4) is 5.75 Å². The SMILES string of the molecule is CCCNC(C)c1ccc(OC)c(COCC(F)(F)F)c1. The summed E-state index contributed by atoms with van der Waals surface area (Å²) in [4.78, 5) is 0. The maximum absolute atomic E-state index is 12.1. The van der Waals surface area contributed by atoms with Gasteiger partial charge in [-0.1, -0.05) is 13.0 Å². The lowest BCUT2D eigenvalue weighted by Gasteiger charge is -2.17. The Balaban J connectivity index is 2.75. The molecule has 120 valence electrons. The molecular formula is C15H22F3NO2. The van der Waals surface area contributed by atoms with Crippen LogP contribution in [0.3, 0.4) is 0 Å². The molecule has 0 radical (unpaired) electrons. The topological polar surface area (TPSA) is 30.5 Å². The van der Waals surface area contributed by atoms with Gasteiger partial charge in [0.25, 0.3) is 0 Å². The van der Waals surface area contributed by atoms with Crippen LogP contribution in [0.5, 0.6) is 5.75 Å². The van der Waals surface area contributed by atoms with Crippen molar-refractivity contribution in [1.29, 1.82) is 0 Å². The molecule has 0 fully saturated rings. The Kier molecular flexibility index (Phi) is 6.98. The van der Waals surface area contributed by atoms with Crippen LogP contribution in [-0.4, -0.2) is 26.4 Å². The fourth-order valence-electron chi connectivity index (χ4n) is 1.94. The lowest BCUT2D eigenvalue weighted by molar-refractivity contribution is -0.176. The highest BCUT2D eigenvalue weighted by Crippen LogP contribution is 2.25. The van der Waals surface area contributed by atoms with E-state index < -0.39 is 12.8 Å². The summed E-state index contributed by atoms with van der Waals surface area (Å²) in [5.41, 5.74) is 1.61. The van der Waals surface area contributed by atoms with Crippen LogP contribution >= 0.6 is 0 Å². The summed E-state index contributed by atoms with van der Waals surface area (Å²) in [5.74, 6) is 0.531. The lowest BCUT2D eigenvalue weighted by Crippen LogP contribution is -2.19. The van der Waals surface area contributed by atoms with Crippen molar-refractivity contribution in [3.63, 3.8) is 0 Å². The van der Waals surface area contributed by atoms with E-state index in [4.69, 9.17) is 9.47 Å². The van der Waals surface area contributed by atoms with Crippen molar-refractivity contribution < 1.29 is 22.6 Å². The van der Waals surface area contributed by atoms with E-state index in [0.717, 1.165) is 18.5 Å². The normalized spacial score (nSPS) is 13.2. The zero-order chi connectivity index (χ0) is 15.9. The summed E-state index contributed by atoms with van der Waals surface area (Å²) in [6.07, 6.45) is -3.30. The molecule has 0 aliphatic carbocycles. The van der Waals surface area contributed by atoms with Crippen LogP contribution < -0.4 is 10.1 Å². The van der Waals surface area contributed by atoms with Gasteiger partial charge in [0, 0.05) is 11.6 Å². The Labute approximate surface area is 123 Å². The molecular weight excluding hydrogens is 283 g/mol. The van der Waals surface area contributed by atoms with Crippen LogP contribution in [0.1, 0.15) is 37.4 Å². The maximum Gasteiger partial charge on any atom is 0.411 e. The number of halogens is 3. The van der Waals surface area contributed by atoms with E-state index in [9.17, 15) is 13.2 Å². The van der Waals surface area contributed by atoms with Crippen molar-refractivity contribution >= 4 is 0 Å². The first-order chi connectivity index (χ1) is 9.87. The molecule has 1 N–H and O–H groups in total. The molecule has 1 aromatic carbocycles. The number of nitrogens with one attached hydrogen (secondary N) is 1. The van der Waals surface area contributed by atoms with Gasteiger partial charge in [-0.15, -0.1) is 0 Å². The number of alkyl halides is 3. The molecule has 0 heterocycles. The maximum atomic E-state index is 12.1. The van der Waals surface area contributed by atoms with E-state index >= 15 is 0 Å². The summed E-state index contributed by atoms with van der Waals surface area (Å²) in [6.45, 7) is 3.58. The summed E-state index contributed by atoms with van der Waals surface area (Å²) in [6, 6.07) is 5.60. The number of rotatable bonds is 8. The smallest absolute Gasteiger partial charge is 0.411 e. The van der Waals surface area contributed by atoms with Gasteiger partial charge in [-0.05, 0) is 37.6 Å². The molecule has 1 atom stereocenters. The minimum absolute atomic E-state index is 0.122. The number of ether oxygens (including phenoxy) is 2. The van der Waals surface area contributed by atoms with Gasteiger partial charge >= 0.3 is 6.18 Å². The zero-order valence-electron chi connectivity index (χ0n) is 12.6. The molecule has 1 rings (SSSR count). The molecule has 0 spiro atoms. The molecule has 1 unspecified atom stereocenters. The van der Waals surface area contributed by atoms with Crippen molar-refractivity contribution in [3.05, 3.63) is 29.3 Å². The highest BCUT2D eigenvalue weighted by Gasteiger charge is 2.27. The van der Waals surface area contributed by atoms with E-state index in [1.54, 1.807) is 6.07 Å². The van der Waals surface area contributed by atoms with E-state index in [0.29, 0.717) is 11.3 Å². The molecule has 0 saturated heterocycles.